The highest BCUT2D eigenvalue weighted by Crippen LogP contribution is 2.04. The second-order valence-corrected chi connectivity index (χ2v) is 4.31. The van der Waals surface area contributed by atoms with E-state index in [1.807, 2.05) is 19.9 Å². The monoisotopic (exact) mass is 249 g/mol. The molecule has 0 aliphatic carbocycles. The van der Waals surface area contributed by atoms with Gasteiger partial charge in [-0.15, -0.1) is 0 Å². The van der Waals surface area contributed by atoms with Crippen molar-refractivity contribution in [3.63, 3.8) is 0 Å². The zero-order valence-corrected chi connectivity index (χ0v) is 10.7. The summed E-state index contributed by atoms with van der Waals surface area (Å²) in [5.74, 6) is -0.475. The number of hydrogen-bond acceptors (Lipinski definition) is 3. The molecule has 5 nitrogen and oxygen atoms in total. The Bertz CT molecular complexity index is 430. The average molecular weight is 249 g/mol. The number of rotatable bonds is 5. The Hall–Kier alpha value is -1.88. The lowest BCUT2D eigenvalue weighted by Crippen LogP contribution is -2.39. The molecule has 98 valence electrons. The summed E-state index contributed by atoms with van der Waals surface area (Å²) in [5, 5.41) is 5.26. The van der Waals surface area contributed by atoms with Crippen LogP contribution in [0, 0.1) is 0 Å². The highest BCUT2D eigenvalue weighted by molar-refractivity contribution is 5.96. The van der Waals surface area contributed by atoms with Crippen LogP contribution < -0.4 is 16.4 Å². The fourth-order valence-corrected chi connectivity index (χ4v) is 1.48. The molecule has 0 atom stereocenters. The number of benzene rings is 1. The molecule has 2 amide bonds. The molecule has 0 aromatic heterocycles. The van der Waals surface area contributed by atoms with Gasteiger partial charge in [0.1, 0.15) is 0 Å². The van der Waals surface area contributed by atoms with Crippen LogP contribution in [-0.2, 0) is 11.3 Å². The van der Waals surface area contributed by atoms with Gasteiger partial charge in [-0.3, -0.25) is 9.59 Å². The van der Waals surface area contributed by atoms with Crippen LogP contribution in [0.15, 0.2) is 24.3 Å². The fraction of sp³-hybridized carbons (Fsp3) is 0.385. The lowest BCUT2D eigenvalue weighted by Gasteiger charge is -2.09. The van der Waals surface area contributed by atoms with Gasteiger partial charge < -0.3 is 16.4 Å². The largest absolute Gasteiger partial charge is 0.352 e. The minimum atomic E-state index is -0.274. The highest BCUT2D eigenvalue weighted by Gasteiger charge is 2.08. The fourth-order valence-electron chi connectivity index (χ4n) is 1.48. The summed E-state index contributed by atoms with van der Waals surface area (Å²) in [4.78, 5) is 23.1. The third-order valence-electron chi connectivity index (χ3n) is 2.28. The van der Waals surface area contributed by atoms with Crippen LogP contribution >= 0.6 is 0 Å². The van der Waals surface area contributed by atoms with E-state index in [0.717, 1.165) is 5.56 Å². The summed E-state index contributed by atoms with van der Waals surface area (Å²) >= 11 is 0. The van der Waals surface area contributed by atoms with E-state index >= 15 is 0 Å². The Kier molecular flexibility index (Phi) is 5.32. The highest BCUT2D eigenvalue weighted by atomic mass is 16.2. The molecule has 0 fully saturated rings. The van der Waals surface area contributed by atoms with E-state index in [1.54, 1.807) is 18.2 Å². The Morgan fingerprint density at radius 2 is 2.06 bits per heavy atom. The van der Waals surface area contributed by atoms with Gasteiger partial charge in [-0.1, -0.05) is 12.1 Å². The second-order valence-electron chi connectivity index (χ2n) is 4.31. The van der Waals surface area contributed by atoms with E-state index < -0.39 is 0 Å². The zero-order valence-electron chi connectivity index (χ0n) is 10.7. The molecule has 0 bridgehead atoms. The van der Waals surface area contributed by atoms with Gasteiger partial charge >= 0.3 is 0 Å². The first-order chi connectivity index (χ1) is 8.52. The van der Waals surface area contributed by atoms with Crippen LogP contribution in [0.4, 0.5) is 0 Å². The van der Waals surface area contributed by atoms with E-state index in [2.05, 4.69) is 10.6 Å². The number of amides is 2. The minimum Gasteiger partial charge on any atom is -0.352 e. The molecule has 0 aliphatic rings. The molecule has 0 saturated heterocycles. The van der Waals surface area contributed by atoms with Gasteiger partial charge in [-0.25, -0.2) is 0 Å². The molecule has 0 unspecified atom stereocenters. The van der Waals surface area contributed by atoms with E-state index in [1.165, 1.54) is 0 Å². The van der Waals surface area contributed by atoms with Crippen LogP contribution in [0.3, 0.4) is 0 Å². The van der Waals surface area contributed by atoms with Crippen LogP contribution in [0.1, 0.15) is 29.8 Å². The number of nitrogens with one attached hydrogen (secondary N) is 2. The van der Waals surface area contributed by atoms with Crippen molar-refractivity contribution in [1.29, 1.82) is 0 Å². The summed E-state index contributed by atoms with van der Waals surface area (Å²) in [7, 11) is 0. The summed E-state index contributed by atoms with van der Waals surface area (Å²) in [5.41, 5.74) is 6.89. The van der Waals surface area contributed by atoms with Gasteiger partial charge in [0.05, 0.1) is 6.54 Å². The molecule has 0 radical (unpaired) electrons. The first-order valence-corrected chi connectivity index (χ1v) is 5.89. The smallest absolute Gasteiger partial charge is 0.251 e. The maximum Gasteiger partial charge on any atom is 0.251 e. The summed E-state index contributed by atoms with van der Waals surface area (Å²) < 4.78 is 0. The predicted octanol–water partition coefficient (Wildman–Crippen LogP) is 0.400. The van der Waals surface area contributed by atoms with Crippen molar-refractivity contribution in [3.05, 3.63) is 35.4 Å². The summed E-state index contributed by atoms with van der Waals surface area (Å²) in [6.07, 6.45) is 0. The minimum absolute atomic E-state index is 0.0239. The van der Waals surface area contributed by atoms with Gasteiger partial charge in [-0.05, 0) is 31.5 Å². The van der Waals surface area contributed by atoms with Crippen molar-refractivity contribution in [2.45, 2.75) is 26.4 Å². The van der Waals surface area contributed by atoms with Crippen molar-refractivity contribution < 1.29 is 9.59 Å². The van der Waals surface area contributed by atoms with Crippen molar-refractivity contribution in [2.75, 3.05) is 6.54 Å². The van der Waals surface area contributed by atoms with E-state index in [0.29, 0.717) is 12.1 Å². The molecule has 5 heteroatoms. The maximum absolute atomic E-state index is 11.8. The molecule has 1 aromatic carbocycles. The molecule has 0 aliphatic heterocycles. The molecule has 0 spiro atoms. The number of hydrogen-bond donors (Lipinski definition) is 3. The number of carbonyl (C=O) groups excluding carboxylic acids is 2. The Morgan fingerprint density at radius 3 is 2.67 bits per heavy atom. The zero-order chi connectivity index (χ0) is 13.5. The van der Waals surface area contributed by atoms with Crippen molar-refractivity contribution in [1.82, 2.24) is 10.6 Å². The van der Waals surface area contributed by atoms with Gasteiger partial charge in [0.2, 0.25) is 5.91 Å². The quantitative estimate of drug-likeness (QED) is 0.706. The van der Waals surface area contributed by atoms with Crippen LogP contribution in [0.25, 0.3) is 0 Å². The summed E-state index contributed by atoms with van der Waals surface area (Å²) in [6, 6.07) is 7.09. The molecule has 18 heavy (non-hydrogen) atoms. The van der Waals surface area contributed by atoms with Crippen LogP contribution in [-0.4, -0.2) is 24.4 Å². The molecule has 1 aromatic rings. The maximum atomic E-state index is 11.8. The Labute approximate surface area is 107 Å². The normalized spacial score (nSPS) is 10.2. The van der Waals surface area contributed by atoms with Gasteiger partial charge in [0, 0.05) is 18.2 Å². The van der Waals surface area contributed by atoms with Crippen molar-refractivity contribution in [2.24, 2.45) is 5.73 Å². The molecule has 4 N–H and O–H groups in total. The van der Waals surface area contributed by atoms with Gasteiger partial charge in [0.15, 0.2) is 0 Å². The van der Waals surface area contributed by atoms with E-state index in [4.69, 9.17) is 5.73 Å². The first-order valence-electron chi connectivity index (χ1n) is 5.89. The molecular weight excluding hydrogens is 230 g/mol. The summed E-state index contributed by atoms with van der Waals surface area (Å²) in [6.45, 7) is 4.09. The lowest BCUT2D eigenvalue weighted by molar-refractivity contribution is -0.120. The van der Waals surface area contributed by atoms with Crippen LogP contribution in [0.2, 0.25) is 0 Å². The first kappa shape index (κ1) is 14.2. The van der Waals surface area contributed by atoms with Crippen molar-refractivity contribution >= 4 is 11.8 Å². The molecule has 0 heterocycles. The average Bonchev–Trinajstić information content (AvgIpc) is 2.35. The van der Waals surface area contributed by atoms with Gasteiger partial charge in [0.25, 0.3) is 5.91 Å². The van der Waals surface area contributed by atoms with E-state index in [9.17, 15) is 9.59 Å². The molecule has 1 rings (SSSR count). The Balaban J connectivity index is 2.52. The third kappa shape index (κ3) is 4.55. The molecule has 0 saturated carbocycles. The SMILES string of the molecule is CC(C)NC(=O)CNC(=O)c1cccc(CN)c1. The number of carbonyl (C=O) groups is 2. The Morgan fingerprint density at radius 1 is 1.33 bits per heavy atom. The third-order valence-corrected chi connectivity index (χ3v) is 2.28. The van der Waals surface area contributed by atoms with Gasteiger partial charge in [-0.2, -0.15) is 0 Å². The van der Waals surface area contributed by atoms with Crippen LogP contribution in [0.5, 0.6) is 0 Å². The lowest BCUT2D eigenvalue weighted by atomic mass is 10.1. The van der Waals surface area contributed by atoms with E-state index in [-0.39, 0.29) is 24.4 Å². The molecular formula is C13H19N3O2. The topological polar surface area (TPSA) is 84.2 Å². The predicted molar refractivity (Wildman–Crippen MR) is 69.9 cm³/mol. The second kappa shape index (κ2) is 6.76. The number of nitrogens with two attached hydrogens (primary N) is 1. The van der Waals surface area contributed by atoms with Crippen molar-refractivity contribution in [3.8, 4) is 0 Å². The standard InChI is InChI=1S/C13H19N3O2/c1-9(2)16-12(17)8-15-13(18)11-5-3-4-10(6-11)7-14/h3-6,9H,7-8,14H2,1-2H3,(H,15,18)(H,16,17).